The summed E-state index contributed by atoms with van der Waals surface area (Å²) in [6.45, 7) is 4.86. The van der Waals surface area contributed by atoms with Crippen molar-refractivity contribution in [1.29, 1.82) is 5.26 Å². The van der Waals surface area contributed by atoms with E-state index in [-0.39, 0.29) is 25.1 Å². The van der Waals surface area contributed by atoms with E-state index in [1.54, 1.807) is 31.2 Å². The Labute approximate surface area is 276 Å². The molecule has 12 nitrogen and oxygen atoms in total. The van der Waals surface area contributed by atoms with E-state index in [4.69, 9.17) is 18.9 Å². The monoisotopic (exact) mass is 650 g/mol. The molecule has 5 atom stereocenters. The molecule has 2 bridgehead atoms. The van der Waals surface area contributed by atoms with Crippen LogP contribution in [0.2, 0.25) is 0 Å². The molecule has 3 aromatic carbocycles. The molecule has 5 aliphatic rings. The summed E-state index contributed by atoms with van der Waals surface area (Å²) in [5.41, 5.74) is 4.94. The number of rotatable bonds is 4. The first-order chi connectivity index (χ1) is 23.1. The van der Waals surface area contributed by atoms with Crippen LogP contribution in [0.1, 0.15) is 73.1 Å². The quantitative estimate of drug-likeness (QED) is 0.251. The van der Waals surface area contributed by atoms with E-state index in [1.165, 1.54) is 18.9 Å². The molecule has 8 rings (SSSR count). The number of imide groups is 1. The van der Waals surface area contributed by atoms with Crippen LogP contribution < -0.4 is 18.9 Å². The van der Waals surface area contributed by atoms with Gasteiger partial charge in [0.15, 0.2) is 23.0 Å². The Morgan fingerprint density at radius 3 is 2.38 bits per heavy atom. The molecule has 2 amide bonds. The first kappa shape index (κ1) is 30.2. The van der Waals surface area contributed by atoms with E-state index in [2.05, 4.69) is 15.9 Å². The largest absolute Gasteiger partial charge is 0.504 e. The zero-order valence-electron chi connectivity index (χ0n) is 27.2. The van der Waals surface area contributed by atoms with Crippen molar-refractivity contribution >= 4 is 17.8 Å². The van der Waals surface area contributed by atoms with Crippen LogP contribution >= 0.6 is 0 Å². The number of amides is 2. The summed E-state index contributed by atoms with van der Waals surface area (Å²) in [7, 11) is 3.48. The first-order valence-corrected chi connectivity index (χ1v) is 15.9. The number of nitriles is 1. The summed E-state index contributed by atoms with van der Waals surface area (Å²) in [6.07, 6.45) is 0.794. The number of phenolic OH excluding ortho intramolecular Hbond substituents is 1. The van der Waals surface area contributed by atoms with E-state index in [0.29, 0.717) is 69.2 Å². The molecule has 0 radical (unpaired) electrons. The van der Waals surface area contributed by atoms with Gasteiger partial charge < -0.3 is 24.1 Å². The van der Waals surface area contributed by atoms with Gasteiger partial charge >= 0.3 is 5.97 Å². The highest BCUT2D eigenvalue weighted by molar-refractivity contribution is 6.21. The summed E-state index contributed by atoms with van der Waals surface area (Å²) in [5, 5.41) is 22.6. The molecule has 0 saturated carbocycles. The van der Waals surface area contributed by atoms with Crippen LogP contribution in [0.4, 0.5) is 0 Å². The predicted molar refractivity (Wildman–Crippen MR) is 169 cm³/mol. The van der Waals surface area contributed by atoms with Crippen molar-refractivity contribution in [3.8, 4) is 34.8 Å². The van der Waals surface area contributed by atoms with Crippen LogP contribution in [0.15, 0.2) is 30.3 Å². The van der Waals surface area contributed by atoms with Crippen molar-refractivity contribution in [2.75, 3.05) is 27.5 Å². The Morgan fingerprint density at radius 2 is 1.73 bits per heavy atom. The maximum absolute atomic E-state index is 13.8. The number of phenols is 1. The van der Waals surface area contributed by atoms with Crippen molar-refractivity contribution in [1.82, 2.24) is 14.7 Å². The minimum Gasteiger partial charge on any atom is -0.504 e. The van der Waals surface area contributed by atoms with Crippen molar-refractivity contribution in [3.63, 3.8) is 0 Å². The number of carbonyl (C=O) groups excluding carboxylic acids is 3. The van der Waals surface area contributed by atoms with Crippen LogP contribution in [-0.4, -0.2) is 83.2 Å². The van der Waals surface area contributed by atoms with Crippen LogP contribution in [0.3, 0.4) is 0 Å². The molecule has 3 aromatic rings. The Hall–Kier alpha value is -5.12. The third-order valence-corrected chi connectivity index (χ3v) is 10.7. The van der Waals surface area contributed by atoms with E-state index in [0.717, 1.165) is 11.1 Å². The van der Waals surface area contributed by atoms with Crippen molar-refractivity contribution in [2.45, 2.75) is 63.8 Å². The minimum absolute atomic E-state index is 0.0444. The number of esters is 1. The van der Waals surface area contributed by atoms with Crippen LogP contribution in [0.5, 0.6) is 28.7 Å². The first-order valence-electron chi connectivity index (χ1n) is 15.9. The number of methoxy groups -OCH3 is 1. The zero-order valence-corrected chi connectivity index (χ0v) is 27.2. The molecule has 1 saturated heterocycles. The van der Waals surface area contributed by atoms with Gasteiger partial charge in [-0.1, -0.05) is 18.2 Å². The van der Waals surface area contributed by atoms with Gasteiger partial charge in [-0.25, -0.2) is 0 Å². The molecule has 0 spiro atoms. The molecule has 2 unspecified atom stereocenters. The van der Waals surface area contributed by atoms with Crippen molar-refractivity contribution in [3.05, 3.63) is 74.8 Å². The molecule has 0 aromatic heterocycles. The van der Waals surface area contributed by atoms with Crippen LogP contribution in [-0.2, 0) is 17.6 Å². The summed E-state index contributed by atoms with van der Waals surface area (Å²) in [4.78, 5) is 45.6. The number of hydrogen-bond acceptors (Lipinski definition) is 11. The molecule has 5 heterocycles. The predicted octanol–water partition coefficient (Wildman–Crippen LogP) is 3.74. The standard InChI is InChI=1S/C36H34N4O8/c1-16-10-19-11-23-25(13-37)40-24(29(38(23)4)27(19)30(42)31(16)45-5)12-22-28(34-33(46-15-47-34)17(2)32(22)48-18(3)41)26(40)14-39-35(43)20-8-6-7-9-21(20)36(39)44/h6-10,23-26,29,42H,11-12,14-15H2,1-5H3/t23?,24-,25-,26-,29?/m0/s1. The van der Waals surface area contributed by atoms with Gasteiger partial charge in [0, 0.05) is 47.8 Å². The molecular formula is C36H34N4O8. The number of aromatic hydroxyl groups is 1. The lowest BCUT2D eigenvalue weighted by Crippen LogP contribution is -2.68. The Bertz CT molecular complexity index is 1970. The highest BCUT2D eigenvalue weighted by Crippen LogP contribution is 2.58. The van der Waals surface area contributed by atoms with Gasteiger partial charge in [0.25, 0.3) is 11.8 Å². The van der Waals surface area contributed by atoms with Crippen molar-refractivity contribution in [2.24, 2.45) is 0 Å². The Kier molecular flexibility index (Phi) is 6.74. The number of hydrogen-bond donors (Lipinski definition) is 1. The third-order valence-electron chi connectivity index (χ3n) is 10.7. The third kappa shape index (κ3) is 3.98. The fraction of sp³-hybridized carbons (Fsp3) is 0.389. The second kappa shape index (κ2) is 10.7. The fourth-order valence-electron chi connectivity index (χ4n) is 8.87. The summed E-state index contributed by atoms with van der Waals surface area (Å²) in [5.74, 6) is 0.250. The average molecular weight is 651 g/mol. The second-order valence-electron chi connectivity index (χ2n) is 13.1. The lowest BCUT2D eigenvalue weighted by Gasteiger charge is -2.60. The summed E-state index contributed by atoms with van der Waals surface area (Å²) < 4.78 is 23.6. The minimum atomic E-state index is -0.745. The molecule has 1 N–H and O–H groups in total. The molecule has 12 heteroatoms. The highest BCUT2D eigenvalue weighted by Gasteiger charge is 2.57. The number of piperazine rings is 1. The number of likely N-dealkylation sites (N-methyl/N-ethyl adjacent to an activating group) is 1. The number of benzene rings is 3. The van der Waals surface area contributed by atoms with Gasteiger partial charge in [-0.3, -0.25) is 29.1 Å². The van der Waals surface area contributed by atoms with E-state index in [9.17, 15) is 24.8 Å². The molecule has 1 fully saturated rings. The number of aryl methyl sites for hydroxylation is 1. The Balaban J connectivity index is 1.38. The SMILES string of the molecule is COc1c(C)cc2c(c1O)C1[C@@H]3Cc4c(OC(C)=O)c(C)c5c(c4[C@H](CN4C(=O)c6ccccc6C4=O)N3[C@@H](C#N)C(C2)N1C)OCO5. The molecule has 0 aliphatic carbocycles. The summed E-state index contributed by atoms with van der Waals surface area (Å²) in [6, 6.07) is 8.71. The molecule has 5 aliphatic heterocycles. The van der Waals surface area contributed by atoms with Gasteiger partial charge in [0.2, 0.25) is 6.79 Å². The highest BCUT2D eigenvalue weighted by atomic mass is 16.7. The van der Waals surface area contributed by atoms with E-state index < -0.39 is 42.0 Å². The second-order valence-corrected chi connectivity index (χ2v) is 13.1. The van der Waals surface area contributed by atoms with E-state index >= 15 is 0 Å². The lowest BCUT2D eigenvalue weighted by atomic mass is 9.71. The topological polar surface area (TPSA) is 142 Å². The normalized spacial score (nSPS) is 25.2. The van der Waals surface area contributed by atoms with Gasteiger partial charge in [-0.15, -0.1) is 0 Å². The average Bonchev–Trinajstić information content (AvgIpc) is 3.64. The van der Waals surface area contributed by atoms with E-state index in [1.807, 2.05) is 20.0 Å². The zero-order chi connectivity index (χ0) is 33.8. The molecular weight excluding hydrogens is 616 g/mol. The van der Waals surface area contributed by atoms with Crippen LogP contribution in [0, 0.1) is 25.2 Å². The maximum Gasteiger partial charge on any atom is 0.308 e. The van der Waals surface area contributed by atoms with Crippen LogP contribution in [0.25, 0.3) is 0 Å². The molecule has 246 valence electrons. The maximum atomic E-state index is 13.8. The smallest absolute Gasteiger partial charge is 0.308 e. The number of ether oxygens (including phenoxy) is 4. The van der Waals surface area contributed by atoms with Crippen molar-refractivity contribution < 1.29 is 38.4 Å². The number of nitrogens with zero attached hydrogens (tertiary/aromatic N) is 4. The molecule has 48 heavy (non-hydrogen) atoms. The Morgan fingerprint density at radius 1 is 1.04 bits per heavy atom. The summed E-state index contributed by atoms with van der Waals surface area (Å²) >= 11 is 0. The van der Waals surface area contributed by atoms with Gasteiger partial charge in [-0.2, -0.15) is 5.26 Å². The van der Waals surface area contributed by atoms with Gasteiger partial charge in [-0.05, 0) is 57.0 Å². The van der Waals surface area contributed by atoms with Gasteiger partial charge in [0.1, 0.15) is 11.8 Å². The van der Waals surface area contributed by atoms with Gasteiger partial charge in [0.05, 0.1) is 36.4 Å². The number of fused-ring (bicyclic) bond motifs is 10. The lowest BCUT2D eigenvalue weighted by molar-refractivity contribution is -0.132. The number of carbonyl (C=O) groups is 3. The fourth-order valence-corrected chi connectivity index (χ4v) is 8.87.